The van der Waals surface area contributed by atoms with Crippen molar-refractivity contribution < 1.29 is 0 Å². The third kappa shape index (κ3) is 2.91. The standard InChI is InChI=1S/C18H26N2/c1-2-4-14(5-3-1)12-17-13-20(11-10-19-17)18(15-6-7-15)16-8-9-16/h1-5,15-19H,6-13H2. The lowest BCUT2D eigenvalue weighted by Gasteiger charge is -2.39. The lowest BCUT2D eigenvalue weighted by Crippen LogP contribution is -2.55. The molecule has 0 radical (unpaired) electrons. The quantitative estimate of drug-likeness (QED) is 0.885. The Kier molecular flexibility index (Phi) is 3.53. The number of nitrogens with one attached hydrogen (secondary N) is 1. The Morgan fingerprint density at radius 1 is 1.05 bits per heavy atom. The largest absolute Gasteiger partial charge is 0.311 e. The van der Waals surface area contributed by atoms with Crippen molar-refractivity contribution >= 4 is 0 Å². The van der Waals surface area contributed by atoms with Crippen molar-refractivity contribution in [2.45, 2.75) is 44.2 Å². The van der Waals surface area contributed by atoms with Crippen molar-refractivity contribution in [3.05, 3.63) is 35.9 Å². The van der Waals surface area contributed by atoms with E-state index in [9.17, 15) is 0 Å². The van der Waals surface area contributed by atoms with Gasteiger partial charge >= 0.3 is 0 Å². The van der Waals surface area contributed by atoms with Gasteiger partial charge in [-0.25, -0.2) is 0 Å². The molecule has 1 N–H and O–H groups in total. The van der Waals surface area contributed by atoms with E-state index in [1.165, 1.54) is 57.3 Å². The first kappa shape index (κ1) is 12.8. The fourth-order valence-electron chi connectivity index (χ4n) is 4.01. The van der Waals surface area contributed by atoms with E-state index in [-0.39, 0.29) is 0 Å². The molecule has 0 spiro atoms. The molecule has 1 unspecified atom stereocenters. The van der Waals surface area contributed by atoms with E-state index in [0.29, 0.717) is 6.04 Å². The van der Waals surface area contributed by atoms with Crippen molar-refractivity contribution in [2.24, 2.45) is 11.8 Å². The minimum absolute atomic E-state index is 0.645. The number of piperazine rings is 1. The average Bonchev–Trinajstić information content (AvgIpc) is 3.36. The number of hydrogen-bond donors (Lipinski definition) is 1. The first-order chi connectivity index (χ1) is 9.90. The van der Waals surface area contributed by atoms with Gasteiger partial charge in [0.25, 0.3) is 0 Å². The number of nitrogens with zero attached hydrogens (tertiary/aromatic N) is 1. The third-order valence-corrected chi connectivity index (χ3v) is 5.24. The summed E-state index contributed by atoms with van der Waals surface area (Å²) < 4.78 is 0. The molecule has 2 saturated carbocycles. The summed E-state index contributed by atoms with van der Waals surface area (Å²) in [6.07, 6.45) is 7.16. The summed E-state index contributed by atoms with van der Waals surface area (Å²) in [6.45, 7) is 3.70. The second-order valence-corrected chi connectivity index (χ2v) is 7.00. The highest BCUT2D eigenvalue weighted by molar-refractivity contribution is 5.16. The van der Waals surface area contributed by atoms with E-state index in [0.717, 1.165) is 17.9 Å². The van der Waals surface area contributed by atoms with Crippen LogP contribution in [0.15, 0.2) is 30.3 Å². The van der Waals surface area contributed by atoms with Gasteiger partial charge in [-0.05, 0) is 49.5 Å². The lowest BCUT2D eigenvalue weighted by molar-refractivity contribution is 0.113. The second kappa shape index (κ2) is 5.50. The van der Waals surface area contributed by atoms with E-state index in [1.54, 1.807) is 0 Å². The van der Waals surface area contributed by atoms with Crippen LogP contribution >= 0.6 is 0 Å². The van der Waals surface area contributed by atoms with Crippen LogP contribution in [0.4, 0.5) is 0 Å². The van der Waals surface area contributed by atoms with Crippen molar-refractivity contribution in [1.82, 2.24) is 10.2 Å². The Morgan fingerprint density at radius 3 is 2.40 bits per heavy atom. The topological polar surface area (TPSA) is 15.3 Å². The van der Waals surface area contributed by atoms with Crippen molar-refractivity contribution in [1.29, 1.82) is 0 Å². The van der Waals surface area contributed by atoms with Crippen LogP contribution in [0.5, 0.6) is 0 Å². The molecule has 0 amide bonds. The minimum Gasteiger partial charge on any atom is -0.311 e. The summed E-state index contributed by atoms with van der Waals surface area (Å²) in [7, 11) is 0. The van der Waals surface area contributed by atoms with Crippen LogP contribution in [-0.2, 0) is 6.42 Å². The summed E-state index contributed by atoms with van der Waals surface area (Å²) in [6, 6.07) is 12.5. The molecule has 4 rings (SSSR count). The molecule has 2 nitrogen and oxygen atoms in total. The van der Waals surface area contributed by atoms with Crippen LogP contribution < -0.4 is 5.32 Å². The Balaban J connectivity index is 1.39. The number of rotatable bonds is 5. The van der Waals surface area contributed by atoms with Crippen LogP contribution in [0.1, 0.15) is 31.2 Å². The van der Waals surface area contributed by atoms with Crippen LogP contribution in [0, 0.1) is 11.8 Å². The van der Waals surface area contributed by atoms with Gasteiger partial charge in [-0.2, -0.15) is 0 Å². The number of hydrogen-bond acceptors (Lipinski definition) is 2. The van der Waals surface area contributed by atoms with Crippen molar-refractivity contribution in [2.75, 3.05) is 19.6 Å². The maximum atomic E-state index is 3.73. The van der Waals surface area contributed by atoms with E-state index in [4.69, 9.17) is 0 Å². The Bertz CT molecular complexity index is 424. The molecular weight excluding hydrogens is 244 g/mol. The van der Waals surface area contributed by atoms with Gasteiger partial charge in [-0.3, -0.25) is 4.90 Å². The molecule has 3 fully saturated rings. The van der Waals surface area contributed by atoms with E-state index in [1.807, 2.05) is 0 Å². The van der Waals surface area contributed by atoms with Crippen molar-refractivity contribution in [3.63, 3.8) is 0 Å². The Morgan fingerprint density at radius 2 is 1.75 bits per heavy atom. The predicted molar refractivity (Wildman–Crippen MR) is 82.7 cm³/mol. The highest BCUT2D eigenvalue weighted by Gasteiger charge is 2.45. The summed E-state index contributed by atoms with van der Waals surface area (Å²) in [5.41, 5.74) is 1.47. The molecule has 1 atom stereocenters. The molecule has 1 heterocycles. The molecule has 1 saturated heterocycles. The molecule has 3 aliphatic rings. The summed E-state index contributed by atoms with van der Waals surface area (Å²) >= 11 is 0. The second-order valence-electron chi connectivity index (χ2n) is 7.00. The minimum atomic E-state index is 0.645. The lowest BCUT2D eigenvalue weighted by atomic mass is 9.99. The SMILES string of the molecule is c1ccc(CC2CN(C(C3CC3)C3CC3)CCN2)cc1. The first-order valence-corrected chi connectivity index (χ1v) is 8.41. The zero-order chi connectivity index (χ0) is 13.4. The van der Waals surface area contributed by atoms with Gasteiger partial charge in [0.15, 0.2) is 0 Å². The van der Waals surface area contributed by atoms with Crippen molar-refractivity contribution in [3.8, 4) is 0 Å². The first-order valence-electron chi connectivity index (χ1n) is 8.41. The summed E-state index contributed by atoms with van der Waals surface area (Å²) in [4.78, 5) is 2.83. The average molecular weight is 270 g/mol. The van der Waals surface area contributed by atoms with Crippen LogP contribution in [0.25, 0.3) is 0 Å². The molecule has 20 heavy (non-hydrogen) atoms. The molecule has 2 heteroatoms. The molecule has 108 valence electrons. The summed E-state index contributed by atoms with van der Waals surface area (Å²) in [5, 5.41) is 3.73. The van der Waals surface area contributed by atoms with Gasteiger partial charge < -0.3 is 5.32 Å². The number of benzene rings is 1. The normalized spacial score (nSPS) is 27.9. The molecule has 0 bridgehead atoms. The van der Waals surface area contributed by atoms with E-state index < -0.39 is 0 Å². The highest BCUT2D eigenvalue weighted by atomic mass is 15.2. The Labute approximate surface area is 122 Å². The highest BCUT2D eigenvalue weighted by Crippen LogP contribution is 2.47. The fraction of sp³-hybridized carbons (Fsp3) is 0.667. The van der Waals surface area contributed by atoms with Crippen LogP contribution in [0.2, 0.25) is 0 Å². The molecule has 2 aliphatic carbocycles. The predicted octanol–water partition coefficient (Wildman–Crippen LogP) is 2.69. The molecule has 1 aromatic carbocycles. The van der Waals surface area contributed by atoms with Gasteiger partial charge in [-0.1, -0.05) is 30.3 Å². The van der Waals surface area contributed by atoms with Gasteiger partial charge in [-0.15, -0.1) is 0 Å². The smallest absolute Gasteiger partial charge is 0.0236 e. The zero-order valence-corrected chi connectivity index (χ0v) is 12.3. The van der Waals surface area contributed by atoms with Gasteiger partial charge in [0.1, 0.15) is 0 Å². The third-order valence-electron chi connectivity index (χ3n) is 5.24. The van der Waals surface area contributed by atoms with Crippen LogP contribution in [0.3, 0.4) is 0 Å². The van der Waals surface area contributed by atoms with E-state index in [2.05, 4.69) is 40.5 Å². The van der Waals surface area contributed by atoms with Gasteiger partial charge in [0.05, 0.1) is 0 Å². The van der Waals surface area contributed by atoms with Crippen LogP contribution in [-0.4, -0.2) is 36.6 Å². The van der Waals surface area contributed by atoms with Gasteiger partial charge in [0.2, 0.25) is 0 Å². The maximum Gasteiger partial charge on any atom is 0.0236 e. The fourth-order valence-corrected chi connectivity index (χ4v) is 4.01. The monoisotopic (exact) mass is 270 g/mol. The van der Waals surface area contributed by atoms with E-state index >= 15 is 0 Å². The zero-order valence-electron chi connectivity index (χ0n) is 12.3. The molecule has 1 aliphatic heterocycles. The molecule has 0 aromatic heterocycles. The molecule has 1 aromatic rings. The summed E-state index contributed by atoms with van der Waals surface area (Å²) in [5.74, 6) is 2.08. The van der Waals surface area contributed by atoms with Gasteiger partial charge in [0, 0.05) is 31.7 Å². The maximum absolute atomic E-state index is 3.73. The Hall–Kier alpha value is -0.860. The molecular formula is C18H26N2.